The number of nitrogens with one attached hydrogen (secondary N) is 2. The summed E-state index contributed by atoms with van der Waals surface area (Å²) >= 11 is 0. The second-order valence-corrected chi connectivity index (χ2v) is 8.23. The zero-order valence-electron chi connectivity index (χ0n) is 16.5. The predicted octanol–water partition coefficient (Wildman–Crippen LogP) is 3.42. The van der Waals surface area contributed by atoms with Gasteiger partial charge >= 0.3 is 0 Å². The van der Waals surface area contributed by atoms with Gasteiger partial charge in [-0.05, 0) is 43.7 Å². The number of piperidine rings is 1. The second-order valence-electron chi connectivity index (χ2n) is 8.23. The van der Waals surface area contributed by atoms with E-state index >= 15 is 0 Å². The average Bonchev–Trinajstić information content (AvgIpc) is 3.34. The van der Waals surface area contributed by atoms with Gasteiger partial charge in [0.05, 0.1) is 6.26 Å². The SMILES string of the molecule is CC(C)CN=C(NCCc1ccco1)NC1CCN(C2CCCC2)CC1. The zero-order valence-corrected chi connectivity index (χ0v) is 16.5. The summed E-state index contributed by atoms with van der Waals surface area (Å²) in [7, 11) is 0. The molecule has 2 aliphatic rings. The number of guanidine groups is 1. The van der Waals surface area contributed by atoms with Gasteiger partial charge in [0.2, 0.25) is 0 Å². The number of hydrogen-bond donors (Lipinski definition) is 2. The molecule has 26 heavy (non-hydrogen) atoms. The van der Waals surface area contributed by atoms with Crippen LogP contribution in [0.25, 0.3) is 0 Å². The highest BCUT2D eigenvalue weighted by molar-refractivity contribution is 5.80. The lowest BCUT2D eigenvalue weighted by Crippen LogP contribution is -2.50. The van der Waals surface area contributed by atoms with Crippen molar-refractivity contribution >= 4 is 5.96 Å². The Morgan fingerprint density at radius 3 is 2.65 bits per heavy atom. The molecule has 1 aromatic heterocycles. The van der Waals surface area contributed by atoms with Gasteiger partial charge < -0.3 is 20.0 Å². The molecule has 2 heterocycles. The molecule has 1 saturated carbocycles. The maximum Gasteiger partial charge on any atom is 0.191 e. The van der Waals surface area contributed by atoms with Gasteiger partial charge in [0.15, 0.2) is 5.96 Å². The first-order valence-corrected chi connectivity index (χ1v) is 10.5. The van der Waals surface area contributed by atoms with E-state index in [2.05, 4.69) is 29.4 Å². The summed E-state index contributed by atoms with van der Waals surface area (Å²) in [5.41, 5.74) is 0. The number of hydrogen-bond acceptors (Lipinski definition) is 3. The molecule has 0 spiro atoms. The van der Waals surface area contributed by atoms with Crippen molar-refractivity contribution in [3.63, 3.8) is 0 Å². The average molecular weight is 361 g/mol. The van der Waals surface area contributed by atoms with Gasteiger partial charge in [-0.15, -0.1) is 0 Å². The first-order chi connectivity index (χ1) is 12.7. The molecule has 5 nitrogen and oxygen atoms in total. The monoisotopic (exact) mass is 360 g/mol. The lowest BCUT2D eigenvalue weighted by atomic mass is 10.0. The maximum atomic E-state index is 5.42. The summed E-state index contributed by atoms with van der Waals surface area (Å²) in [4.78, 5) is 7.51. The Morgan fingerprint density at radius 1 is 1.23 bits per heavy atom. The van der Waals surface area contributed by atoms with Gasteiger partial charge in [-0.25, -0.2) is 0 Å². The molecule has 0 radical (unpaired) electrons. The zero-order chi connectivity index (χ0) is 18.2. The summed E-state index contributed by atoms with van der Waals surface area (Å²) in [6, 6.07) is 5.37. The summed E-state index contributed by atoms with van der Waals surface area (Å²) in [5, 5.41) is 7.18. The minimum absolute atomic E-state index is 0.537. The van der Waals surface area contributed by atoms with Gasteiger partial charge in [0.25, 0.3) is 0 Å². The summed E-state index contributed by atoms with van der Waals surface area (Å²) in [6.45, 7) is 8.59. The van der Waals surface area contributed by atoms with Crippen LogP contribution in [0, 0.1) is 5.92 Å². The largest absolute Gasteiger partial charge is 0.469 e. The Hall–Kier alpha value is -1.49. The first-order valence-electron chi connectivity index (χ1n) is 10.5. The lowest BCUT2D eigenvalue weighted by Gasteiger charge is -2.36. The molecular formula is C21H36N4O. The van der Waals surface area contributed by atoms with E-state index in [0.29, 0.717) is 12.0 Å². The van der Waals surface area contributed by atoms with Crippen LogP contribution in [0.1, 0.15) is 58.1 Å². The number of furan rings is 1. The third kappa shape index (κ3) is 6.04. The van der Waals surface area contributed by atoms with Crippen molar-refractivity contribution < 1.29 is 4.42 Å². The molecule has 3 rings (SSSR count). The highest BCUT2D eigenvalue weighted by atomic mass is 16.3. The number of nitrogens with zero attached hydrogens (tertiary/aromatic N) is 2. The number of aliphatic imine (C=N–C) groups is 1. The minimum atomic E-state index is 0.537. The van der Waals surface area contributed by atoms with Crippen LogP contribution in [-0.2, 0) is 6.42 Å². The fraction of sp³-hybridized carbons (Fsp3) is 0.762. The van der Waals surface area contributed by atoms with Crippen molar-refractivity contribution in [3.05, 3.63) is 24.2 Å². The third-order valence-electron chi connectivity index (χ3n) is 5.57. The van der Waals surface area contributed by atoms with Crippen LogP contribution in [0.3, 0.4) is 0 Å². The Kier molecular flexibility index (Phi) is 7.42. The van der Waals surface area contributed by atoms with E-state index in [4.69, 9.17) is 9.41 Å². The quantitative estimate of drug-likeness (QED) is 0.578. The molecule has 5 heteroatoms. The van der Waals surface area contributed by atoms with Crippen molar-refractivity contribution in [3.8, 4) is 0 Å². The van der Waals surface area contributed by atoms with E-state index in [-0.39, 0.29) is 0 Å². The van der Waals surface area contributed by atoms with E-state index in [1.54, 1.807) is 6.26 Å². The van der Waals surface area contributed by atoms with Crippen molar-refractivity contribution in [1.82, 2.24) is 15.5 Å². The maximum absolute atomic E-state index is 5.42. The molecule has 2 N–H and O–H groups in total. The highest BCUT2D eigenvalue weighted by Gasteiger charge is 2.27. The molecule has 146 valence electrons. The van der Waals surface area contributed by atoms with E-state index in [9.17, 15) is 0 Å². The van der Waals surface area contributed by atoms with Crippen molar-refractivity contribution in [2.24, 2.45) is 10.9 Å². The molecule has 0 atom stereocenters. The fourth-order valence-electron chi connectivity index (χ4n) is 4.06. The molecule has 2 fully saturated rings. The van der Waals surface area contributed by atoms with Crippen LogP contribution in [0.5, 0.6) is 0 Å². The van der Waals surface area contributed by atoms with Crippen molar-refractivity contribution in [2.45, 2.75) is 70.9 Å². The molecule has 1 aromatic rings. The van der Waals surface area contributed by atoms with Gasteiger partial charge in [0.1, 0.15) is 5.76 Å². The second kappa shape index (κ2) is 10.0. The van der Waals surface area contributed by atoms with E-state index in [0.717, 1.165) is 37.3 Å². The Bertz CT molecular complexity index is 526. The van der Waals surface area contributed by atoms with E-state index < -0.39 is 0 Å². The first kappa shape index (κ1) is 19.3. The molecule has 1 saturated heterocycles. The van der Waals surface area contributed by atoms with Gasteiger partial charge in [-0.1, -0.05) is 26.7 Å². The van der Waals surface area contributed by atoms with Gasteiger partial charge in [-0.2, -0.15) is 0 Å². The topological polar surface area (TPSA) is 52.8 Å². The van der Waals surface area contributed by atoms with Crippen LogP contribution in [-0.4, -0.2) is 49.1 Å². The predicted molar refractivity (Wildman–Crippen MR) is 108 cm³/mol. The molecule has 0 amide bonds. The van der Waals surface area contributed by atoms with Gasteiger partial charge in [0, 0.05) is 44.7 Å². The Morgan fingerprint density at radius 2 is 2.00 bits per heavy atom. The Balaban J connectivity index is 1.44. The molecule has 1 aliphatic carbocycles. The molecular weight excluding hydrogens is 324 g/mol. The highest BCUT2D eigenvalue weighted by Crippen LogP contribution is 2.26. The van der Waals surface area contributed by atoms with Crippen molar-refractivity contribution in [2.75, 3.05) is 26.2 Å². The molecule has 0 unspecified atom stereocenters. The van der Waals surface area contributed by atoms with E-state index in [1.807, 2.05) is 12.1 Å². The van der Waals surface area contributed by atoms with E-state index in [1.165, 1.54) is 51.6 Å². The number of likely N-dealkylation sites (tertiary alicyclic amines) is 1. The van der Waals surface area contributed by atoms with Crippen LogP contribution < -0.4 is 10.6 Å². The Labute approximate surface area is 158 Å². The normalized spacial score (nSPS) is 20.8. The summed E-state index contributed by atoms with van der Waals surface area (Å²) in [5.74, 6) is 2.55. The van der Waals surface area contributed by atoms with Crippen LogP contribution in [0.2, 0.25) is 0 Å². The number of rotatable bonds is 7. The standard InChI is InChI=1S/C21H36N4O/c1-17(2)16-23-21(22-12-9-20-8-5-15-26-20)24-18-10-13-25(14-11-18)19-6-3-4-7-19/h5,8,15,17-19H,3-4,6-7,9-14,16H2,1-2H3,(H2,22,23,24). The van der Waals surface area contributed by atoms with Crippen molar-refractivity contribution in [1.29, 1.82) is 0 Å². The van der Waals surface area contributed by atoms with Crippen LogP contribution in [0.4, 0.5) is 0 Å². The fourth-order valence-corrected chi connectivity index (χ4v) is 4.06. The molecule has 0 bridgehead atoms. The van der Waals surface area contributed by atoms with Gasteiger partial charge in [-0.3, -0.25) is 4.99 Å². The molecule has 1 aliphatic heterocycles. The van der Waals surface area contributed by atoms with Crippen LogP contribution in [0.15, 0.2) is 27.8 Å². The summed E-state index contributed by atoms with van der Waals surface area (Å²) in [6.07, 6.45) is 10.7. The van der Waals surface area contributed by atoms with Crippen LogP contribution >= 0.6 is 0 Å². The smallest absolute Gasteiger partial charge is 0.191 e. The minimum Gasteiger partial charge on any atom is -0.469 e. The lowest BCUT2D eigenvalue weighted by molar-refractivity contribution is 0.150. The molecule has 0 aromatic carbocycles. The summed E-state index contributed by atoms with van der Waals surface area (Å²) < 4.78 is 5.42. The third-order valence-corrected chi connectivity index (χ3v) is 5.57.